The van der Waals surface area contributed by atoms with E-state index >= 15 is 0 Å². The van der Waals surface area contributed by atoms with Crippen LogP contribution in [0.5, 0.6) is 0 Å². The summed E-state index contributed by atoms with van der Waals surface area (Å²) in [5, 5.41) is 0. The molecule has 0 aliphatic carbocycles. The normalized spacial score (nSPS) is 14.9. The first-order chi connectivity index (χ1) is 4.71. The number of rotatable bonds is 4. The second-order valence-corrected chi connectivity index (χ2v) is 5.35. The fraction of sp³-hybridized carbons (Fsp3) is 1.00. The number of sulfone groups is 1. The van der Waals surface area contributed by atoms with Gasteiger partial charge in [-0.25, -0.2) is 8.42 Å². The minimum Gasteiger partial charge on any atom is -0.287 e. The monoisotopic (exact) mass is 206 g/mol. The molecule has 0 fully saturated rings. The maximum atomic E-state index is 10.4. The van der Waals surface area contributed by atoms with Crippen LogP contribution in [0.1, 0.15) is 0 Å². The predicted molar refractivity (Wildman–Crippen MR) is 41.1 cm³/mol. The van der Waals surface area contributed by atoms with Gasteiger partial charge in [0.1, 0.15) is 9.84 Å². The highest BCUT2D eigenvalue weighted by Crippen LogP contribution is 2.33. The Kier molecular flexibility index (Phi) is 3.74. The summed E-state index contributed by atoms with van der Waals surface area (Å²) in [4.78, 5) is 0. The van der Waals surface area contributed by atoms with Gasteiger partial charge in [0.25, 0.3) is 0 Å². The molecule has 0 rings (SSSR count). The third-order valence-electron chi connectivity index (χ3n) is 0.696. The van der Waals surface area contributed by atoms with Crippen molar-refractivity contribution in [1.29, 1.82) is 0 Å². The van der Waals surface area contributed by atoms with Crippen molar-refractivity contribution < 1.29 is 26.3 Å². The Bertz CT molecular complexity index is 200. The summed E-state index contributed by atoms with van der Waals surface area (Å²) in [6.45, 7) is -0.433. The molecule has 0 aromatic rings. The maximum absolute atomic E-state index is 10.4. The molecule has 6 nitrogen and oxygen atoms in total. The van der Waals surface area contributed by atoms with Gasteiger partial charge in [-0.05, 0) is 0 Å². The Hall–Kier alpha value is 0.140. The first-order valence-corrected chi connectivity index (χ1v) is 6.02. The highest BCUT2D eigenvalue weighted by Gasteiger charge is 2.13. The Balaban J connectivity index is 3.61. The van der Waals surface area contributed by atoms with Crippen LogP contribution in [0.2, 0.25) is 0 Å². The van der Waals surface area contributed by atoms with Crippen molar-refractivity contribution >= 4 is 21.0 Å². The van der Waals surface area contributed by atoms with Gasteiger partial charge in [-0.3, -0.25) is 17.8 Å². The summed E-state index contributed by atoms with van der Waals surface area (Å²) >= 11 is -4.01. The molecular weight excluding hydrogens is 196 g/mol. The molecule has 0 unspecified atom stereocenters. The fourth-order valence-corrected chi connectivity index (χ4v) is 1.10. The molecule has 0 aliphatic rings. The topological polar surface area (TPSA) is 104 Å². The molecule has 0 heterocycles. The van der Waals surface area contributed by atoms with Crippen LogP contribution < -0.4 is 0 Å². The molecule has 0 aromatic carbocycles. The van der Waals surface area contributed by atoms with Crippen LogP contribution in [0, 0.1) is 0 Å². The van der Waals surface area contributed by atoms with Gasteiger partial charge in [0.2, 0.25) is 11.2 Å². The van der Waals surface area contributed by atoms with Gasteiger partial charge in [0.05, 0.1) is 12.4 Å². The van der Waals surface area contributed by atoms with E-state index in [0.29, 0.717) is 0 Å². The highest BCUT2D eigenvalue weighted by molar-refractivity contribution is 8.15. The van der Waals surface area contributed by atoms with E-state index in [2.05, 4.69) is 4.18 Å². The highest BCUT2D eigenvalue weighted by atomic mass is 32.3. The first-order valence-electron chi connectivity index (χ1n) is 2.53. The van der Waals surface area contributed by atoms with Gasteiger partial charge < -0.3 is 0 Å². The van der Waals surface area contributed by atoms with E-state index in [-0.39, 0.29) is 5.75 Å². The maximum Gasteiger partial charge on any atom is 0.216 e. The molecule has 0 aromatic heterocycles. The van der Waals surface area contributed by atoms with Gasteiger partial charge in [0.15, 0.2) is 0 Å². The molecule has 0 saturated carbocycles. The smallest absolute Gasteiger partial charge is 0.216 e. The summed E-state index contributed by atoms with van der Waals surface area (Å²) in [6.07, 6.45) is 0.972. The minimum atomic E-state index is -4.01. The zero-order valence-electron chi connectivity index (χ0n) is 5.80. The van der Waals surface area contributed by atoms with E-state index in [9.17, 15) is 8.42 Å². The molecule has 70 valence electrons. The lowest BCUT2D eigenvalue weighted by Crippen LogP contribution is -2.12. The quantitative estimate of drug-likeness (QED) is 0.606. The minimum absolute atomic E-state index is 0.358. The second-order valence-electron chi connectivity index (χ2n) is 1.92. The van der Waals surface area contributed by atoms with Crippen molar-refractivity contribution in [3.63, 3.8) is 0 Å². The van der Waals surface area contributed by atoms with Gasteiger partial charge in [-0.2, -0.15) is 0 Å². The summed E-state index contributed by atoms with van der Waals surface area (Å²) in [5.74, 6) is -0.358. The molecule has 0 bridgehead atoms. The van der Waals surface area contributed by atoms with E-state index in [1.165, 1.54) is 0 Å². The van der Waals surface area contributed by atoms with Crippen LogP contribution in [0.4, 0.5) is 0 Å². The van der Waals surface area contributed by atoms with Crippen LogP contribution >= 0.6 is 11.2 Å². The van der Waals surface area contributed by atoms with Crippen LogP contribution in [-0.2, 0) is 14.0 Å². The average Bonchev–Trinajstić information content (AvgIpc) is 1.55. The molecule has 8 heteroatoms. The summed E-state index contributed by atoms with van der Waals surface area (Å²) in [5.41, 5.74) is 0. The average molecular weight is 206 g/mol. The zero-order chi connectivity index (χ0) is 9.12. The molecular formula is C3H10O6S2. The van der Waals surface area contributed by atoms with Crippen molar-refractivity contribution in [2.24, 2.45) is 0 Å². The Morgan fingerprint density at radius 2 is 1.73 bits per heavy atom. The standard InChI is InChI=1S/C3H10O6S2/c1-10(4,5)3-2-9-11(6,7)8/h6-8H,2-3H2,1H3. The van der Waals surface area contributed by atoms with Crippen LogP contribution in [0.25, 0.3) is 0 Å². The van der Waals surface area contributed by atoms with Gasteiger partial charge in [-0.1, -0.05) is 0 Å². The molecule has 0 atom stereocenters. The predicted octanol–water partition coefficient (Wildman–Crippen LogP) is 0.186. The molecule has 11 heavy (non-hydrogen) atoms. The first kappa shape index (κ1) is 11.1. The zero-order valence-corrected chi connectivity index (χ0v) is 7.43. The third kappa shape index (κ3) is 10.1. The second kappa shape index (κ2) is 3.70. The van der Waals surface area contributed by atoms with Crippen molar-refractivity contribution in [3.8, 4) is 0 Å². The number of hydrogen-bond acceptors (Lipinski definition) is 6. The van der Waals surface area contributed by atoms with Crippen molar-refractivity contribution in [2.75, 3.05) is 18.6 Å². The molecule has 0 aliphatic heterocycles. The van der Waals surface area contributed by atoms with Crippen molar-refractivity contribution in [1.82, 2.24) is 0 Å². The van der Waals surface area contributed by atoms with E-state index in [0.717, 1.165) is 6.26 Å². The SMILES string of the molecule is CS(=O)(=O)CCOS(O)(O)O. The van der Waals surface area contributed by atoms with Crippen LogP contribution in [-0.4, -0.2) is 40.7 Å². The van der Waals surface area contributed by atoms with Crippen molar-refractivity contribution in [3.05, 3.63) is 0 Å². The van der Waals surface area contributed by atoms with Crippen molar-refractivity contribution in [2.45, 2.75) is 0 Å². The lowest BCUT2D eigenvalue weighted by molar-refractivity contribution is 0.213. The Morgan fingerprint density at radius 3 is 2.00 bits per heavy atom. The lowest BCUT2D eigenvalue weighted by Gasteiger charge is -2.17. The Labute approximate surface area is 66.5 Å². The molecule has 0 radical (unpaired) electrons. The van der Waals surface area contributed by atoms with E-state index < -0.39 is 27.6 Å². The molecule has 0 saturated heterocycles. The van der Waals surface area contributed by atoms with Gasteiger partial charge in [-0.15, -0.1) is 0 Å². The van der Waals surface area contributed by atoms with E-state index in [1.807, 2.05) is 0 Å². The largest absolute Gasteiger partial charge is 0.287 e. The molecule has 0 spiro atoms. The summed E-state index contributed by atoms with van der Waals surface area (Å²) < 4.78 is 49.4. The molecule has 0 amide bonds. The Morgan fingerprint density at radius 1 is 1.27 bits per heavy atom. The van der Waals surface area contributed by atoms with Gasteiger partial charge >= 0.3 is 0 Å². The summed E-state index contributed by atoms with van der Waals surface area (Å²) in [6, 6.07) is 0. The fourth-order valence-electron chi connectivity index (χ4n) is 0.297. The molecule has 3 N–H and O–H groups in total. The van der Waals surface area contributed by atoms with E-state index in [1.54, 1.807) is 0 Å². The lowest BCUT2D eigenvalue weighted by atomic mass is 10.9. The summed E-state index contributed by atoms with van der Waals surface area (Å²) in [7, 11) is -3.19. The third-order valence-corrected chi connectivity index (χ3v) is 2.09. The van der Waals surface area contributed by atoms with Crippen LogP contribution in [0.3, 0.4) is 0 Å². The van der Waals surface area contributed by atoms with Gasteiger partial charge in [0, 0.05) is 6.26 Å². The van der Waals surface area contributed by atoms with E-state index in [4.69, 9.17) is 13.7 Å². The number of hydrogen-bond donors (Lipinski definition) is 3. The van der Waals surface area contributed by atoms with Crippen LogP contribution in [0.15, 0.2) is 0 Å².